The van der Waals surface area contributed by atoms with Crippen molar-refractivity contribution in [3.8, 4) is 0 Å². The smallest absolute Gasteiger partial charge is 0.159 e. The maximum absolute atomic E-state index is 11.2. The van der Waals surface area contributed by atoms with Crippen LogP contribution < -0.4 is 5.73 Å². The first-order chi connectivity index (χ1) is 8.65. The van der Waals surface area contributed by atoms with Crippen LogP contribution in [0.1, 0.15) is 17.3 Å². The Labute approximate surface area is 105 Å². The second-order valence-electron chi connectivity index (χ2n) is 3.90. The van der Waals surface area contributed by atoms with Gasteiger partial charge in [-0.1, -0.05) is 18.2 Å². The van der Waals surface area contributed by atoms with Gasteiger partial charge in [0.1, 0.15) is 0 Å². The van der Waals surface area contributed by atoms with Gasteiger partial charge in [-0.15, -0.1) is 0 Å². The molecule has 4 heteroatoms. The van der Waals surface area contributed by atoms with Crippen molar-refractivity contribution in [3.05, 3.63) is 54.1 Å². The lowest BCUT2D eigenvalue weighted by atomic mass is 10.1. The Balaban J connectivity index is 2.23. The SMILES string of the molecule is CC(=O)c1cccc(N=Nc2cccc(N)c2)c1. The molecule has 0 radical (unpaired) electrons. The average Bonchev–Trinajstić information content (AvgIpc) is 2.37. The quantitative estimate of drug-likeness (QED) is 0.501. The van der Waals surface area contributed by atoms with Gasteiger partial charge in [0.2, 0.25) is 0 Å². The van der Waals surface area contributed by atoms with Gasteiger partial charge in [-0.2, -0.15) is 10.2 Å². The van der Waals surface area contributed by atoms with Crippen molar-refractivity contribution in [2.24, 2.45) is 10.2 Å². The molecule has 0 aliphatic carbocycles. The minimum absolute atomic E-state index is 0.0102. The van der Waals surface area contributed by atoms with E-state index in [0.717, 1.165) is 0 Å². The topological polar surface area (TPSA) is 67.8 Å². The third-order valence-corrected chi connectivity index (χ3v) is 2.40. The van der Waals surface area contributed by atoms with Gasteiger partial charge >= 0.3 is 0 Å². The number of ketones is 1. The highest BCUT2D eigenvalue weighted by Gasteiger charge is 1.99. The number of hydrogen-bond donors (Lipinski definition) is 1. The fraction of sp³-hybridized carbons (Fsp3) is 0.0714. The van der Waals surface area contributed by atoms with Crippen LogP contribution in [0.5, 0.6) is 0 Å². The van der Waals surface area contributed by atoms with Crippen molar-refractivity contribution in [1.82, 2.24) is 0 Å². The summed E-state index contributed by atoms with van der Waals surface area (Å²) < 4.78 is 0. The second kappa shape index (κ2) is 5.23. The second-order valence-corrected chi connectivity index (χ2v) is 3.90. The molecule has 2 aromatic carbocycles. The zero-order valence-corrected chi connectivity index (χ0v) is 10.00. The molecule has 2 N–H and O–H groups in total. The summed E-state index contributed by atoms with van der Waals surface area (Å²) >= 11 is 0. The normalized spacial score (nSPS) is 10.7. The number of carbonyl (C=O) groups is 1. The maximum Gasteiger partial charge on any atom is 0.159 e. The fourth-order valence-electron chi connectivity index (χ4n) is 1.49. The first-order valence-corrected chi connectivity index (χ1v) is 5.53. The maximum atomic E-state index is 11.2. The minimum Gasteiger partial charge on any atom is -0.399 e. The lowest BCUT2D eigenvalue weighted by molar-refractivity contribution is 0.101. The van der Waals surface area contributed by atoms with Crippen LogP contribution in [-0.2, 0) is 0 Å². The highest BCUT2D eigenvalue weighted by Crippen LogP contribution is 2.20. The lowest BCUT2D eigenvalue weighted by Crippen LogP contribution is -1.89. The van der Waals surface area contributed by atoms with E-state index in [4.69, 9.17) is 5.73 Å². The minimum atomic E-state index is 0.0102. The van der Waals surface area contributed by atoms with Crippen LogP contribution in [0.3, 0.4) is 0 Å². The first kappa shape index (κ1) is 12.0. The molecular formula is C14H13N3O. The van der Waals surface area contributed by atoms with Gasteiger partial charge in [-0.05, 0) is 37.3 Å². The van der Waals surface area contributed by atoms with Crippen LogP contribution in [-0.4, -0.2) is 5.78 Å². The largest absolute Gasteiger partial charge is 0.399 e. The van der Waals surface area contributed by atoms with Gasteiger partial charge in [0.25, 0.3) is 0 Å². The van der Waals surface area contributed by atoms with E-state index in [2.05, 4.69) is 10.2 Å². The molecule has 0 spiro atoms. The van der Waals surface area contributed by atoms with E-state index in [1.807, 2.05) is 12.1 Å². The van der Waals surface area contributed by atoms with Gasteiger partial charge < -0.3 is 5.73 Å². The van der Waals surface area contributed by atoms with Crippen LogP contribution in [0.4, 0.5) is 17.1 Å². The Morgan fingerprint density at radius 1 is 1.00 bits per heavy atom. The summed E-state index contributed by atoms with van der Waals surface area (Å²) in [4.78, 5) is 11.2. The van der Waals surface area contributed by atoms with Crippen molar-refractivity contribution >= 4 is 22.8 Å². The number of nitrogens with zero attached hydrogens (tertiary/aromatic N) is 2. The highest BCUT2D eigenvalue weighted by atomic mass is 16.1. The molecule has 0 amide bonds. The molecule has 0 aliphatic heterocycles. The third kappa shape index (κ3) is 3.01. The number of carbonyl (C=O) groups excluding carboxylic acids is 1. The molecule has 0 bridgehead atoms. The number of benzene rings is 2. The summed E-state index contributed by atoms with van der Waals surface area (Å²) in [6.07, 6.45) is 0. The predicted octanol–water partition coefficient (Wildman–Crippen LogP) is 3.89. The lowest BCUT2D eigenvalue weighted by Gasteiger charge is -1.97. The van der Waals surface area contributed by atoms with Gasteiger partial charge in [-0.25, -0.2) is 0 Å². The number of nitrogen functional groups attached to an aromatic ring is 1. The average molecular weight is 239 g/mol. The molecule has 2 rings (SSSR count). The van der Waals surface area contributed by atoms with E-state index >= 15 is 0 Å². The molecule has 0 aromatic heterocycles. The summed E-state index contributed by atoms with van der Waals surface area (Å²) in [7, 11) is 0. The van der Waals surface area contributed by atoms with Crippen molar-refractivity contribution in [1.29, 1.82) is 0 Å². The summed E-state index contributed by atoms with van der Waals surface area (Å²) in [6, 6.07) is 14.2. The van der Waals surface area contributed by atoms with Crippen LogP contribution in [0.25, 0.3) is 0 Å². The van der Waals surface area contributed by atoms with Crippen LogP contribution >= 0.6 is 0 Å². The van der Waals surface area contributed by atoms with E-state index in [0.29, 0.717) is 22.6 Å². The molecule has 2 aromatic rings. The number of hydrogen-bond acceptors (Lipinski definition) is 4. The van der Waals surface area contributed by atoms with Crippen molar-refractivity contribution < 1.29 is 4.79 Å². The van der Waals surface area contributed by atoms with E-state index in [1.165, 1.54) is 6.92 Å². The van der Waals surface area contributed by atoms with E-state index in [-0.39, 0.29) is 5.78 Å². The molecule has 18 heavy (non-hydrogen) atoms. The van der Waals surface area contributed by atoms with Crippen molar-refractivity contribution in [3.63, 3.8) is 0 Å². The van der Waals surface area contributed by atoms with Gasteiger partial charge in [0, 0.05) is 11.3 Å². The number of azo groups is 1. The van der Waals surface area contributed by atoms with Crippen LogP contribution in [0, 0.1) is 0 Å². The molecule has 0 aliphatic rings. The van der Waals surface area contributed by atoms with E-state index < -0.39 is 0 Å². The van der Waals surface area contributed by atoms with Gasteiger partial charge in [0.05, 0.1) is 11.4 Å². The molecular weight excluding hydrogens is 226 g/mol. The summed E-state index contributed by atoms with van der Waals surface area (Å²) in [5.74, 6) is 0.0102. The molecule has 0 heterocycles. The molecule has 90 valence electrons. The first-order valence-electron chi connectivity index (χ1n) is 5.53. The third-order valence-electron chi connectivity index (χ3n) is 2.40. The van der Waals surface area contributed by atoms with E-state index in [1.54, 1.807) is 36.4 Å². The number of anilines is 1. The van der Waals surface area contributed by atoms with Gasteiger partial charge in [0.15, 0.2) is 5.78 Å². The molecule has 0 saturated carbocycles. The molecule has 0 fully saturated rings. The van der Waals surface area contributed by atoms with Gasteiger partial charge in [-0.3, -0.25) is 4.79 Å². The Bertz CT molecular complexity index is 605. The zero-order chi connectivity index (χ0) is 13.0. The van der Waals surface area contributed by atoms with Crippen LogP contribution in [0.2, 0.25) is 0 Å². The molecule has 0 saturated heterocycles. The number of rotatable bonds is 3. The number of Topliss-reactive ketones (excluding diaryl/α,β-unsaturated/α-hetero) is 1. The Hall–Kier alpha value is -2.49. The van der Waals surface area contributed by atoms with E-state index in [9.17, 15) is 4.79 Å². The number of nitrogens with two attached hydrogens (primary N) is 1. The van der Waals surface area contributed by atoms with Crippen molar-refractivity contribution in [2.45, 2.75) is 6.92 Å². The Morgan fingerprint density at radius 3 is 2.22 bits per heavy atom. The van der Waals surface area contributed by atoms with Crippen LogP contribution in [0.15, 0.2) is 58.8 Å². The fourth-order valence-corrected chi connectivity index (χ4v) is 1.49. The zero-order valence-electron chi connectivity index (χ0n) is 10.00. The standard InChI is InChI=1S/C14H13N3O/c1-10(18)11-4-2-6-13(8-11)16-17-14-7-3-5-12(15)9-14/h2-9H,15H2,1H3. The molecule has 4 nitrogen and oxygen atoms in total. The summed E-state index contributed by atoms with van der Waals surface area (Å²) in [5, 5.41) is 8.15. The Kier molecular flexibility index (Phi) is 3.48. The molecule has 0 atom stereocenters. The summed E-state index contributed by atoms with van der Waals surface area (Å²) in [5.41, 5.74) is 8.24. The van der Waals surface area contributed by atoms with Crippen molar-refractivity contribution in [2.75, 3.05) is 5.73 Å². The predicted molar refractivity (Wildman–Crippen MR) is 71.5 cm³/mol. The molecule has 0 unspecified atom stereocenters. The summed E-state index contributed by atoms with van der Waals surface area (Å²) in [6.45, 7) is 1.52. The highest BCUT2D eigenvalue weighted by molar-refractivity contribution is 5.94. The Morgan fingerprint density at radius 2 is 1.61 bits per heavy atom. The monoisotopic (exact) mass is 239 g/mol.